The standard InChI is InChI=1S/C6H13ClO/c1-6(5-7)3-2-4-8/h6,8H,2-5H2,1H3. The van der Waals surface area contributed by atoms with E-state index >= 15 is 0 Å². The largest absolute Gasteiger partial charge is 0.396 e. The van der Waals surface area contributed by atoms with E-state index in [0.717, 1.165) is 12.8 Å². The second-order valence-corrected chi connectivity index (χ2v) is 2.43. The van der Waals surface area contributed by atoms with Crippen molar-refractivity contribution in [2.75, 3.05) is 12.5 Å². The highest BCUT2D eigenvalue weighted by Crippen LogP contribution is 2.05. The molecule has 0 saturated carbocycles. The van der Waals surface area contributed by atoms with Gasteiger partial charge in [0.1, 0.15) is 0 Å². The van der Waals surface area contributed by atoms with Gasteiger partial charge in [0.05, 0.1) is 0 Å². The molecule has 0 aliphatic rings. The van der Waals surface area contributed by atoms with Crippen LogP contribution in [0.1, 0.15) is 19.8 Å². The summed E-state index contributed by atoms with van der Waals surface area (Å²) in [5, 5.41) is 8.37. The first-order chi connectivity index (χ1) is 3.81. The highest BCUT2D eigenvalue weighted by molar-refractivity contribution is 6.18. The van der Waals surface area contributed by atoms with Crippen LogP contribution in [0.2, 0.25) is 0 Å². The van der Waals surface area contributed by atoms with Crippen molar-refractivity contribution in [1.82, 2.24) is 0 Å². The lowest BCUT2D eigenvalue weighted by Gasteiger charge is -2.02. The smallest absolute Gasteiger partial charge is 0.0431 e. The molecule has 0 aromatic heterocycles. The summed E-state index contributed by atoms with van der Waals surface area (Å²) < 4.78 is 0. The summed E-state index contributed by atoms with van der Waals surface area (Å²) in [6, 6.07) is 0. The fourth-order valence-electron chi connectivity index (χ4n) is 0.517. The van der Waals surface area contributed by atoms with Gasteiger partial charge in [0.15, 0.2) is 0 Å². The van der Waals surface area contributed by atoms with Crippen molar-refractivity contribution in [1.29, 1.82) is 0 Å². The van der Waals surface area contributed by atoms with Crippen LogP contribution in [0, 0.1) is 5.92 Å². The first kappa shape index (κ1) is 8.25. The Bertz CT molecular complexity index is 47.8. The van der Waals surface area contributed by atoms with Gasteiger partial charge in [-0.25, -0.2) is 0 Å². The Morgan fingerprint density at radius 2 is 2.25 bits per heavy atom. The fourth-order valence-corrected chi connectivity index (χ4v) is 0.671. The molecule has 0 aromatic rings. The molecule has 0 spiro atoms. The summed E-state index contributed by atoms with van der Waals surface area (Å²) in [6.07, 6.45) is 1.92. The minimum absolute atomic E-state index is 0.293. The van der Waals surface area contributed by atoms with Crippen molar-refractivity contribution in [3.63, 3.8) is 0 Å². The van der Waals surface area contributed by atoms with Gasteiger partial charge >= 0.3 is 0 Å². The predicted molar refractivity (Wildman–Crippen MR) is 36.2 cm³/mol. The summed E-state index contributed by atoms with van der Waals surface area (Å²) in [5.41, 5.74) is 0. The van der Waals surface area contributed by atoms with E-state index in [9.17, 15) is 0 Å². The maximum Gasteiger partial charge on any atom is 0.0431 e. The molecule has 1 nitrogen and oxygen atoms in total. The van der Waals surface area contributed by atoms with Gasteiger partial charge in [0, 0.05) is 12.5 Å². The quantitative estimate of drug-likeness (QED) is 0.583. The Hall–Kier alpha value is 0.250. The molecule has 2 heteroatoms. The monoisotopic (exact) mass is 136 g/mol. The summed E-state index contributed by atoms with van der Waals surface area (Å²) in [7, 11) is 0. The SMILES string of the molecule is CC(CCl)CCCO. The lowest BCUT2D eigenvalue weighted by molar-refractivity contribution is 0.276. The number of aliphatic hydroxyl groups excluding tert-OH is 1. The molecule has 1 unspecified atom stereocenters. The summed E-state index contributed by atoms with van der Waals surface area (Å²) in [5.74, 6) is 1.27. The van der Waals surface area contributed by atoms with Gasteiger partial charge in [-0.1, -0.05) is 6.92 Å². The van der Waals surface area contributed by atoms with Crippen molar-refractivity contribution in [2.45, 2.75) is 19.8 Å². The van der Waals surface area contributed by atoms with Crippen LogP contribution in [0.15, 0.2) is 0 Å². The van der Waals surface area contributed by atoms with Gasteiger partial charge in [-0.05, 0) is 18.8 Å². The number of halogens is 1. The second kappa shape index (κ2) is 5.39. The summed E-state index contributed by atoms with van der Waals surface area (Å²) in [4.78, 5) is 0. The lowest BCUT2D eigenvalue weighted by Crippen LogP contribution is -1.96. The van der Waals surface area contributed by atoms with Crippen molar-refractivity contribution < 1.29 is 5.11 Å². The van der Waals surface area contributed by atoms with Gasteiger partial charge in [-0.2, -0.15) is 0 Å². The zero-order valence-corrected chi connectivity index (χ0v) is 5.99. The zero-order chi connectivity index (χ0) is 6.41. The van der Waals surface area contributed by atoms with E-state index in [2.05, 4.69) is 6.92 Å². The molecular weight excluding hydrogens is 124 g/mol. The summed E-state index contributed by atoms with van der Waals surface area (Å²) in [6.45, 7) is 2.38. The molecule has 0 aromatic carbocycles. The Morgan fingerprint density at radius 3 is 2.62 bits per heavy atom. The maximum absolute atomic E-state index is 8.37. The Morgan fingerprint density at radius 1 is 1.62 bits per heavy atom. The highest BCUT2D eigenvalue weighted by atomic mass is 35.5. The van der Waals surface area contributed by atoms with Crippen molar-refractivity contribution in [3.8, 4) is 0 Å². The Kier molecular flexibility index (Phi) is 5.56. The molecule has 0 aliphatic carbocycles. The van der Waals surface area contributed by atoms with Crippen LogP contribution in [-0.4, -0.2) is 17.6 Å². The average Bonchev–Trinajstić information content (AvgIpc) is 1.83. The van der Waals surface area contributed by atoms with E-state index < -0.39 is 0 Å². The molecule has 0 radical (unpaired) electrons. The number of aliphatic hydroxyl groups is 1. The number of hydrogen-bond acceptors (Lipinski definition) is 1. The number of rotatable bonds is 4. The molecule has 1 N–H and O–H groups in total. The third-order valence-corrected chi connectivity index (χ3v) is 1.65. The number of alkyl halides is 1. The van der Waals surface area contributed by atoms with Gasteiger partial charge in [0.2, 0.25) is 0 Å². The molecule has 0 aliphatic heterocycles. The molecular formula is C6H13ClO. The van der Waals surface area contributed by atoms with E-state index in [4.69, 9.17) is 16.7 Å². The first-order valence-electron chi connectivity index (χ1n) is 2.98. The number of hydrogen-bond donors (Lipinski definition) is 1. The van der Waals surface area contributed by atoms with E-state index in [1.54, 1.807) is 0 Å². The van der Waals surface area contributed by atoms with Crippen LogP contribution < -0.4 is 0 Å². The van der Waals surface area contributed by atoms with Gasteiger partial charge in [0.25, 0.3) is 0 Å². The molecule has 50 valence electrons. The van der Waals surface area contributed by atoms with Crippen LogP contribution in [0.3, 0.4) is 0 Å². The van der Waals surface area contributed by atoms with Crippen molar-refractivity contribution >= 4 is 11.6 Å². The molecule has 0 saturated heterocycles. The van der Waals surface area contributed by atoms with Crippen LogP contribution in [0.5, 0.6) is 0 Å². The maximum atomic E-state index is 8.37. The molecule has 0 heterocycles. The molecule has 0 fully saturated rings. The van der Waals surface area contributed by atoms with Gasteiger partial charge < -0.3 is 5.11 Å². The zero-order valence-electron chi connectivity index (χ0n) is 5.23. The van der Waals surface area contributed by atoms with Crippen LogP contribution in [-0.2, 0) is 0 Å². The minimum atomic E-state index is 0.293. The van der Waals surface area contributed by atoms with Crippen LogP contribution >= 0.6 is 11.6 Å². The molecule has 1 atom stereocenters. The van der Waals surface area contributed by atoms with Crippen molar-refractivity contribution in [2.24, 2.45) is 5.92 Å². The average molecular weight is 137 g/mol. The van der Waals surface area contributed by atoms with Crippen LogP contribution in [0.4, 0.5) is 0 Å². The van der Waals surface area contributed by atoms with E-state index in [0.29, 0.717) is 18.4 Å². The molecule has 0 rings (SSSR count). The van der Waals surface area contributed by atoms with Crippen molar-refractivity contribution in [3.05, 3.63) is 0 Å². The fraction of sp³-hybridized carbons (Fsp3) is 1.00. The third kappa shape index (κ3) is 4.41. The minimum Gasteiger partial charge on any atom is -0.396 e. The predicted octanol–water partition coefficient (Wildman–Crippen LogP) is 1.63. The third-order valence-electron chi connectivity index (χ3n) is 1.12. The molecule has 0 bridgehead atoms. The highest BCUT2D eigenvalue weighted by Gasteiger charge is 1.96. The molecule has 8 heavy (non-hydrogen) atoms. The Balaban J connectivity index is 2.86. The van der Waals surface area contributed by atoms with Crippen LogP contribution in [0.25, 0.3) is 0 Å². The Labute approximate surface area is 55.7 Å². The van der Waals surface area contributed by atoms with Gasteiger partial charge in [-0.3, -0.25) is 0 Å². The first-order valence-corrected chi connectivity index (χ1v) is 3.51. The summed E-state index contributed by atoms with van der Waals surface area (Å²) >= 11 is 5.51. The lowest BCUT2D eigenvalue weighted by atomic mass is 10.1. The molecule has 0 amide bonds. The van der Waals surface area contributed by atoms with E-state index in [1.807, 2.05) is 0 Å². The van der Waals surface area contributed by atoms with Gasteiger partial charge in [-0.15, -0.1) is 11.6 Å². The van der Waals surface area contributed by atoms with E-state index in [-0.39, 0.29) is 0 Å². The topological polar surface area (TPSA) is 20.2 Å². The van der Waals surface area contributed by atoms with E-state index in [1.165, 1.54) is 0 Å². The normalized spacial score (nSPS) is 13.9. The second-order valence-electron chi connectivity index (χ2n) is 2.13.